The van der Waals surface area contributed by atoms with Crippen molar-refractivity contribution in [3.05, 3.63) is 77.4 Å². The molecule has 1 unspecified atom stereocenters. The lowest BCUT2D eigenvalue weighted by atomic mass is 9.99. The first kappa shape index (κ1) is 21.1. The third kappa shape index (κ3) is 4.78. The van der Waals surface area contributed by atoms with Gasteiger partial charge in [0.1, 0.15) is 0 Å². The van der Waals surface area contributed by atoms with E-state index in [1.807, 2.05) is 50.2 Å². The molecule has 5 heteroatoms. The van der Waals surface area contributed by atoms with E-state index in [2.05, 4.69) is 34.1 Å². The zero-order chi connectivity index (χ0) is 21.8. The Morgan fingerprint density at radius 2 is 1.84 bits per heavy atom. The number of carbonyl (C=O) groups excluding carboxylic acids is 2. The summed E-state index contributed by atoms with van der Waals surface area (Å²) in [5.41, 5.74) is 3.17. The Balaban J connectivity index is 1.50. The number of fused-ring (bicyclic) bond motifs is 1. The van der Waals surface area contributed by atoms with E-state index in [0.717, 1.165) is 47.7 Å². The average Bonchev–Trinajstić information content (AvgIpc) is 2.80. The summed E-state index contributed by atoms with van der Waals surface area (Å²) in [5, 5.41) is 11.6. The molecule has 1 heterocycles. The van der Waals surface area contributed by atoms with Crippen LogP contribution in [-0.4, -0.2) is 24.4 Å². The molecular formula is C26H29N3O2. The number of amides is 2. The van der Waals surface area contributed by atoms with Crippen molar-refractivity contribution >= 4 is 28.3 Å². The monoisotopic (exact) mass is 415 g/mol. The quantitative estimate of drug-likeness (QED) is 0.565. The molecule has 3 aromatic carbocycles. The maximum absolute atomic E-state index is 13.1. The van der Waals surface area contributed by atoms with E-state index in [-0.39, 0.29) is 23.9 Å². The van der Waals surface area contributed by atoms with E-state index < -0.39 is 0 Å². The van der Waals surface area contributed by atoms with Gasteiger partial charge < -0.3 is 16.0 Å². The van der Waals surface area contributed by atoms with Gasteiger partial charge in [-0.05, 0) is 67.3 Å². The summed E-state index contributed by atoms with van der Waals surface area (Å²) < 4.78 is 0. The first-order valence-electron chi connectivity index (χ1n) is 11.0. The van der Waals surface area contributed by atoms with E-state index in [4.69, 9.17) is 0 Å². The van der Waals surface area contributed by atoms with Crippen molar-refractivity contribution in [3.8, 4) is 0 Å². The SMILES string of the molecule is Cc1ccc(NC(=O)C2CCCCN2)cc1C(=O)N[C@H](C)c1cccc2ccccc12. The van der Waals surface area contributed by atoms with Crippen molar-refractivity contribution < 1.29 is 9.59 Å². The topological polar surface area (TPSA) is 70.2 Å². The van der Waals surface area contributed by atoms with Crippen LogP contribution in [0.1, 0.15) is 53.7 Å². The molecule has 0 aliphatic carbocycles. The molecule has 1 fully saturated rings. The molecule has 2 amide bonds. The lowest BCUT2D eigenvalue weighted by Gasteiger charge is -2.23. The van der Waals surface area contributed by atoms with Crippen LogP contribution in [-0.2, 0) is 4.79 Å². The Morgan fingerprint density at radius 1 is 1.03 bits per heavy atom. The molecule has 0 bridgehead atoms. The molecule has 3 aromatic rings. The minimum absolute atomic E-state index is 0.0426. The van der Waals surface area contributed by atoms with Crippen molar-refractivity contribution in [1.29, 1.82) is 0 Å². The number of piperidine rings is 1. The number of rotatable bonds is 5. The Hall–Kier alpha value is -3.18. The first-order chi connectivity index (χ1) is 15.0. The number of benzene rings is 3. The van der Waals surface area contributed by atoms with Crippen molar-refractivity contribution in [3.63, 3.8) is 0 Å². The van der Waals surface area contributed by atoms with Gasteiger partial charge in [-0.3, -0.25) is 9.59 Å². The molecule has 1 saturated heterocycles. The van der Waals surface area contributed by atoms with Crippen LogP contribution in [0.5, 0.6) is 0 Å². The smallest absolute Gasteiger partial charge is 0.252 e. The summed E-state index contributed by atoms with van der Waals surface area (Å²) in [6.07, 6.45) is 3.00. The van der Waals surface area contributed by atoms with Crippen LogP contribution in [0.3, 0.4) is 0 Å². The third-order valence-corrected chi connectivity index (χ3v) is 6.01. The maximum atomic E-state index is 13.1. The molecule has 2 atom stereocenters. The van der Waals surface area contributed by atoms with Crippen molar-refractivity contribution in [1.82, 2.24) is 10.6 Å². The van der Waals surface area contributed by atoms with Crippen molar-refractivity contribution in [2.24, 2.45) is 0 Å². The van der Waals surface area contributed by atoms with Gasteiger partial charge in [0, 0.05) is 11.3 Å². The van der Waals surface area contributed by atoms with Gasteiger partial charge in [0.25, 0.3) is 5.91 Å². The van der Waals surface area contributed by atoms with E-state index in [9.17, 15) is 9.59 Å². The average molecular weight is 416 g/mol. The Labute approximate surface area is 183 Å². The highest BCUT2D eigenvalue weighted by molar-refractivity contribution is 6.00. The van der Waals surface area contributed by atoms with Crippen LogP contribution >= 0.6 is 0 Å². The summed E-state index contributed by atoms with van der Waals surface area (Å²) >= 11 is 0. The zero-order valence-corrected chi connectivity index (χ0v) is 18.1. The molecule has 0 aromatic heterocycles. The number of nitrogens with one attached hydrogen (secondary N) is 3. The number of hydrogen-bond donors (Lipinski definition) is 3. The number of aryl methyl sites for hydroxylation is 1. The summed E-state index contributed by atoms with van der Waals surface area (Å²) in [7, 11) is 0. The van der Waals surface area contributed by atoms with E-state index in [1.54, 1.807) is 6.07 Å². The van der Waals surface area contributed by atoms with Gasteiger partial charge in [-0.2, -0.15) is 0 Å². The second-order valence-electron chi connectivity index (χ2n) is 8.28. The molecule has 3 N–H and O–H groups in total. The van der Waals surface area contributed by atoms with Crippen LogP contribution in [0.25, 0.3) is 10.8 Å². The van der Waals surface area contributed by atoms with Gasteiger partial charge in [-0.15, -0.1) is 0 Å². The summed E-state index contributed by atoms with van der Waals surface area (Å²) in [6, 6.07) is 19.5. The maximum Gasteiger partial charge on any atom is 0.252 e. The fraction of sp³-hybridized carbons (Fsp3) is 0.308. The van der Waals surface area contributed by atoms with Gasteiger partial charge in [0.15, 0.2) is 0 Å². The molecule has 0 spiro atoms. The third-order valence-electron chi connectivity index (χ3n) is 6.01. The highest BCUT2D eigenvalue weighted by Crippen LogP contribution is 2.25. The summed E-state index contributed by atoms with van der Waals surface area (Å²) in [5.74, 6) is -0.191. The Kier molecular flexibility index (Phi) is 6.33. The molecule has 5 nitrogen and oxygen atoms in total. The molecular weight excluding hydrogens is 386 g/mol. The van der Waals surface area contributed by atoms with Crippen LogP contribution in [0, 0.1) is 6.92 Å². The molecule has 1 aliphatic heterocycles. The minimum atomic E-state index is -0.168. The van der Waals surface area contributed by atoms with Crippen LogP contribution in [0.4, 0.5) is 5.69 Å². The van der Waals surface area contributed by atoms with Gasteiger partial charge >= 0.3 is 0 Å². The van der Waals surface area contributed by atoms with Gasteiger partial charge in [0.2, 0.25) is 5.91 Å². The van der Waals surface area contributed by atoms with Gasteiger partial charge in [-0.1, -0.05) is 55.0 Å². The highest BCUT2D eigenvalue weighted by Gasteiger charge is 2.21. The number of carbonyl (C=O) groups is 2. The summed E-state index contributed by atoms with van der Waals surface area (Å²) in [4.78, 5) is 25.6. The summed E-state index contributed by atoms with van der Waals surface area (Å²) in [6.45, 7) is 4.77. The molecule has 1 aliphatic rings. The van der Waals surface area contributed by atoms with Crippen molar-refractivity contribution in [2.45, 2.75) is 45.2 Å². The standard InChI is InChI=1S/C26H29N3O2/c1-17-13-14-20(29-26(31)24-12-5-6-15-27-24)16-23(17)25(30)28-18(2)21-11-7-9-19-8-3-4-10-22(19)21/h3-4,7-11,13-14,16,18,24,27H,5-6,12,15H2,1-2H3,(H,28,30)(H,29,31)/t18-,24?/m1/s1. The van der Waals surface area contributed by atoms with E-state index in [1.165, 1.54) is 0 Å². The van der Waals surface area contributed by atoms with E-state index >= 15 is 0 Å². The number of hydrogen-bond acceptors (Lipinski definition) is 3. The van der Waals surface area contributed by atoms with Gasteiger partial charge in [0.05, 0.1) is 12.1 Å². The lowest BCUT2D eigenvalue weighted by molar-refractivity contribution is -0.118. The predicted octanol–water partition coefficient (Wildman–Crippen LogP) is 4.72. The Morgan fingerprint density at radius 3 is 2.65 bits per heavy atom. The predicted molar refractivity (Wildman–Crippen MR) is 125 cm³/mol. The molecule has 4 rings (SSSR count). The number of anilines is 1. The second-order valence-corrected chi connectivity index (χ2v) is 8.28. The van der Waals surface area contributed by atoms with Gasteiger partial charge in [-0.25, -0.2) is 0 Å². The minimum Gasteiger partial charge on any atom is -0.345 e. The fourth-order valence-corrected chi connectivity index (χ4v) is 4.23. The van der Waals surface area contributed by atoms with Crippen LogP contribution < -0.4 is 16.0 Å². The molecule has 0 radical (unpaired) electrons. The lowest BCUT2D eigenvalue weighted by Crippen LogP contribution is -2.43. The zero-order valence-electron chi connectivity index (χ0n) is 18.1. The van der Waals surface area contributed by atoms with Crippen LogP contribution in [0.2, 0.25) is 0 Å². The van der Waals surface area contributed by atoms with E-state index in [0.29, 0.717) is 11.3 Å². The van der Waals surface area contributed by atoms with Crippen LogP contribution in [0.15, 0.2) is 60.7 Å². The second kappa shape index (κ2) is 9.31. The first-order valence-corrected chi connectivity index (χ1v) is 11.0. The normalized spacial score (nSPS) is 17.2. The largest absolute Gasteiger partial charge is 0.345 e. The van der Waals surface area contributed by atoms with Crippen molar-refractivity contribution in [2.75, 3.05) is 11.9 Å². The molecule has 160 valence electrons. The Bertz CT molecular complexity index is 1100. The highest BCUT2D eigenvalue weighted by atomic mass is 16.2. The molecule has 0 saturated carbocycles. The fourth-order valence-electron chi connectivity index (χ4n) is 4.23. The molecule has 31 heavy (non-hydrogen) atoms.